The molecule has 0 aliphatic carbocycles. The van der Waals surface area contributed by atoms with E-state index in [2.05, 4.69) is 16.6 Å². The summed E-state index contributed by atoms with van der Waals surface area (Å²) in [5.41, 5.74) is -0.446. The molecule has 0 aromatic heterocycles. The molecule has 22 heavy (non-hydrogen) atoms. The summed E-state index contributed by atoms with van der Waals surface area (Å²) in [5.74, 6) is 5.03. The van der Waals surface area contributed by atoms with Gasteiger partial charge in [0.05, 0.1) is 18.2 Å². The zero-order valence-electron chi connectivity index (χ0n) is 11.6. The van der Waals surface area contributed by atoms with Crippen LogP contribution < -0.4 is 4.72 Å². The number of nitriles is 1. The molecule has 1 aromatic carbocycles. The van der Waals surface area contributed by atoms with Crippen LogP contribution >= 0.6 is 0 Å². The van der Waals surface area contributed by atoms with Crippen LogP contribution in [0.2, 0.25) is 0 Å². The van der Waals surface area contributed by atoms with Gasteiger partial charge in [-0.3, -0.25) is 0 Å². The average molecular weight is 330 g/mol. The van der Waals surface area contributed by atoms with Crippen molar-refractivity contribution in [2.24, 2.45) is 0 Å². The van der Waals surface area contributed by atoms with Crippen LogP contribution in [0.1, 0.15) is 24.5 Å². The molecule has 1 unspecified atom stereocenters. The van der Waals surface area contributed by atoms with Crippen LogP contribution in [-0.2, 0) is 16.2 Å². The Labute approximate surface area is 127 Å². The van der Waals surface area contributed by atoms with E-state index in [1.165, 1.54) is 12.1 Å². The van der Waals surface area contributed by atoms with Gasteiger partial charge in [0.2, 0.25) is 10.0 Å². The Morgan fingerprint density at radius 3 is 2.32 bits per heavy atom. The lowest BCUT2D eigenvalue weighted by molar-refractivity contribution is -0.137. The van der Waals surface area contributed by atoms with Gasteiger partial charge in [0, 0.05) is 5.56 Å². The van der Waals surface area contributed by atoms with Crippen LogP contribution in [0, 0.1) is 23.2 Å². The van der Waals surface area contributed by atoms with Gasteiger partial charge in [-0.25, -0.2) is 13.1 Å². The van der Waals surface area contributed by atoms with Crippen LogP contribution in [0.15, 0.2) is 24.3 Å². The van der Waals surface area contributed by atoms with E-state index in [9.17, 15) is 21.6 Å². The lowest BCUT2D eigenvalue weighted by atomic mass is 10.1. The van der Waals surface area contributed by atoms with E-state index >= 15 is 0 Å². The molecule has 0 aliphatic heterocycles. The molecular weight excluding hydrogens is 317 g/mol. The van der Waals surface area contributed by atoms with Crippen molar-refractivity contribution in [3.05, 3.63) is 35.4 Å². The van der Waals surface area contributed by atoms with Gasteiger partial charge < -0.3 is 0 Å². The minimum Gasteiger partial charge on any atom is -0.211 e. The van der Waals surface area contributed by atoms with Gasteiger partial charge in [-0.2, -0.15) is 18.4 Å². The fourth-order valence-corrected chi connectivity index (χ4v) is 2.56. The summed E-state index contributed by atoms with van der Waals surface area (Å²) in [7, 11) is -3.77. The third kappa shape index (κ3) is 5.06. The van der Waals surface area contributed by atoms with Crippen molar-refractivity contribution in [2.75, 3.05) is 6.54 Å². The summed E-state index contributed by atoms with van der Waals surface area (Å²) in [5, 5.41) is 7.54. The van der Waals surface area contributed by atoms with Gasteiger partial charge in [-0.15, -0.1) is 0 Å². The zero-order valence-corrected chi connectivity index (χ0v) is 12.4. The van der Waals surface area contributed by atoms with Crippen LogP contribution in [0.3, 0.4) is 0 Å². The van der Waals surface area contributed by atoms with Crippen molar-refractivity contribution < 1.29 is 21.6 Å². The monoisotopic (exact) mass is 330 g/mol. The molecule has 8 heteroatoms. The standard InChI is InChI=1S/C14H13F3N2O2S/c1-2-13(10-18)22(20,21)19-9-3-4-11-5-7-12(8-6-11)14(15,16)17/h5-8,13,19H,2,9H2,1H3. The maximum atomic E-state index is 12.4. The van der Waals surface area contributed by atoms with E-state index in [0.29, 0.717) is 5.56 Å². The van der Waals surface area contributed by atoms with Gasteiger partial charge in [-0.1, -0.05) is 18.8 Å². The van der Waals surface area contributed by atoms with E-state index in [0.717, 1.165) is 12.1 Å². The van der Waals surface area contributed by atoms with Crippen molar-refractivity contribution in [2.45, 2.75) is 24.8 Å². The normalized spacial score (nSPS) is 12.9. The minimum atomic E-state index is -4.41. The number of nitrogens with one attached hydrogen (secondary N) is 1. The predicted molar refractivity (Wildman–Crippen MR) is 74.9 cm³/mol. The van der Waals surface area contributed by atoms with Crippen molar-refractivity contribution in [3.63, 3.8) is 0 Å². The van der Waals surface area contributed by atoms with Crippen molar-refractivity contribution in [1.29, 1.82) is 5.26 Å². The largest absolute Gasteiger partial charge is 0.416 e. The molecule has 0 amide bonds. The van der Waals surface area contributed by atoms with E-state index in [1.54, 1.807) is 13.0 Å². The van der Waals surface area contributed by atoms with Crippen molar-refractivity contribution in [3.8, 4) is 17.9 Å². The highest BCUT2D eigenvalue weighted by Crippen LogP contribution is 2.28. The number of halogens is 3. The second kappa shape index (κ2) is 7.30. The van der Waals surface area contributed by atoms with Crippen molar-refractivity contribution in [1.82, 2.24) is 4.72 Å². The summed E-state index contributed by atoms with van der Waals surface area (Å²) < 4.78 is 62.5. The Hall–Kier alpha value is -2.03. The van der Waals surface area contributed by atoms with Gasteiger partial charge in [-0.05, 0) is 30.7 Å². The molecule has 1 N–H and O–H groups in total. The molecule has 0 saturated heterocycles. The molecule has 4 nitrogen and oxygen atoms in total. The fourth-order valence-electron chi connectivity index (χ4n) is 1.51. The zero-order chi connectivity index (χ0) is 16.8. The molecule has 0 fully saturated rings. The summed E-state index contributed by atoms with van der Waals surface area (Å²) >= 11 is 0. The first kappa shape index (κ1) is 18.0. The smallest absolute Gasteiger partial charge is 0.211 e. The van der Waals surface area contributed by atoms with E-state index < -0.39 is 27.0 Å². The predicted octanol–water partition coefficient (Wildman–Crippen LogP) is 2.28. The molecule has 1 aromatic rings. The van der Waals surface area contributed by atoms with Crippen molar-refractivity contribution >= 4 is 10.0 Å². The third-order valence-electron chi connectivity index (χ3n) is 2.70. The van der Waals surface area contributed by atoms with Crippen LogP contribution in [0.4, 0.5) is 13.2 Å². The number of hydrogen-bond acceptors (Lipinski definition) is 3. The van der Waals surface area contributed by atoms with Gasteiger partial charge in [0.1, 0.15) is 0 Å². The number of alkyl halides is 3. The van der Waals surface area contributed by atoms with Crippen LogP contribution in [0.5, 0.6) is 0 Å². The van der Waals surface area contributed by atoms with Gasteiger partial charge in [0.25, 0.3) is 0 Å². The van der Waals surface area contributed by atoms with Gasteiger partial charge >= 0.3 is 6.18 Å². The molecule has 0 spiro atoms. The summed E-state index contributed by atoms with van der Waals surface area (Å²) in [6, 6.07) is 5.87. The van der Waals surface area contributed by atoms with Crippen LogP contribution in [-0.4, -0.2) is 20.2 Å². The molecule has 118 valence electrons. The molecule has 0 saturated carbocycles. The highest BCUT2D eigenvalue weighted by molar-refractivity contribution is 7.90. The first-order valence-electron chi connectivity index (χ1n) is 6.25. The molecule has 0 bridgehead atoms. The van der Waals surface area contributed by atoms with Gasteiger partial charge in [0.15, 0.2) is 5.25 Å². The number of nitrogens with zero attached hydrogens (tertiary/aromatic N) is 1. The number of rotatable bonds is 4. The number of sulfonamides is 1. The Kier molecular flexibility index (Phi) is 5.98. The molecule has 1 atom stereocenters. The third-order valence-corrected chi connectivity index (χ3v) is 4.43. The quantitative estimate of drug-likeness (QED) is 0.861. The highest BCUT2D eigenvalue weighted by Gasteiger charge is 2.29. The maximum Gasteiger partial charge on any atom is 0.416 e. The summed E-state index contributed by atoms with van der Waals surface area (Å²) in [4.78, 5) is 0. The first-order chi connectivity index (χ1) is 10.2. The SMILES string of the molecule is CCC(C#N)S(=O)(=O)NCC#Cc1ccc(C(F)(F)F)cc1. The highest BCUT2D eigenvalue weighted by atomic mass is 32.2. The lowest BCUT2D eigenvalue weighted by Crippen LogP contribution is -2.33. The lowest BCUT2D eigenvalue weighted by Gasteiger charge is -2.07. The second-order valence-corrected chi connectivity index (χ2v) is 6.22. The maximum absolute atomic E-state index is 12.4. The second-order valence-electron chi connectivity index (χ2n) is 4.27. The number of benzene rings is 1. The Morgan fingerprint density at radius 1 is 1.27 bits per heavy atom. The molecule has 0 radical (unpaired) electrons. The fraction of sp³-hybridized carbons (Fsp3) is 0.357. The number of hydrogen-bond donors (Lipinski definition) is 1. The summed E-state index contributed by atoms with van der Waals surface area (Å²) in [6.45, 7) is 1.35. The minimum absolute atomic E-state index is 0.151. The van der Waals surface area contributed by atoms with Crippen LogP contribution in [0.25, 0.3) is 0 Å². The topological polar surface area (TPSA) is 70.0 Å². The molecule has 0 heterocycles. The molecule has 1 rings (SSSR count). The van der Waals surface area contributed by atoms with E-state index in [1.807, 2.05) is 0 Å². The Morgan fingerprint density at radius 2 is 1.86 bits per heavy atom. The Balaban J connectivity index is 2.68. The molecular formula is C14H13F3N2O2S. The van der Waals surface area contributed by atoms with E-state index in [4.69, 9.17) is 5.26 Å². The first-order valence-corrected chi connectivity index (χ1v) is 7.79. The van der Waals surface area contributed by atoms with E-state index in [-0.39, 0.29) is 13.0 Å². The summed E-state index contributed by atoms with van der Waals surface area (Å²) in [6.07, 6.45) is -4.26. The molecule has 0 aliphatic rings. The Bertz CT molecular complexity index is 708. The average Bonchev–Trinajstić information content (AvgIpc) is 2.44.